The van der Waals surface area contributed by atoms with Crippen molar-refractivity contribution < 1.29 is 4.79 Å². The molecule has 2 aromatic heterocycles. The zero-order valence-electron chi connectivity index (χ0n) is 11.9. The first kappa shape index (κ1) is 14.0. The van der Waals surface area contributed by atoms with Gasteiger partial charge in [0, 0.05) is 32.0 Å². The summed E-state index contributed by atoms with van der Waals surface area (Å²) in [4.78, 5) is 23.7. The van der Waals surface area contributed by atoms with E-state index >= 15 is 0 Å². The summed E-state index contributed by atoms with van der Waals surface area (Å²) in [5, 5.41) is 12.0. The lowest BCUT2D eigenvalue weighted by molar-refractivity contribution is 0.112. The number of hydrogen-bond acceptors (Lipinski definition) is 6. The van der Waals surface area contributed by atoms with Gasteiger partial charge in [0.05, 0.1) is 6.04 Å². The zero-order valence-corrected chi connectivity index (χ0v) is 12.7. The second-order valence-electron chi connectivity index (χ2n) is 4.97. The van der Waals surface area contributed by atoms with Crippen LogP contribution in [-0.2, 0) is 0 Å². The van der Waals surface area contributed by atoms with E-state index in [1.807, 2.05) is 14.0 Å². The van der Waals surface area contributed by atoms with E-state index in [2.05, 4.69) is 30.4 Å². The summed E-state index contributed by atoms with van der Waals surface area (Å²) in [6.45, 7) is 3.93. The lowest BCUT2D eigenvalue weighted by Crippen LogP contribution is -2.50. The molecule has 3 rings (SSSR count). The molecule has 2 aromatic rings. The quantitative estimate of drug-likeness (QED) is 0.867. The molecule has 9 heteroatoms. The van der Waals surface area contributed by atoms with Crippen LogP contribution < -0.4 is 5.32 Å². The Labute approximate surface area is 126 Å². The highest BCUT2D eigenvalue weighted by molar-refractivity contribution is 7.15. The molecule has 112 valence electrons. The van der Waals surface area contributed by atoms with Crippen molar-refractivity contribution in [2.75, 3.05) is 32.0 Å². The number of aryl methyl sites for hydroxylation is 1. The van der Waals surface area contributed by atoms with Crippen LogP contribution in [0.4, 0.5) is 9.93 Å². The lowest BCUT2D eigenvalue weighted by atomic mass is 10.2. The van der Waals surface area contributed by atoms with Gasteiger partial charge in [-0.2, -0.15) is 0 Å². The number of nitrogens with zero attached hydrogens (tertiary/aromatic N) is 5. The van der Waals surface area contributed by atoms with Crippen molar-refractivity contribution in [1.29, 1.82) is 0 Å². The summed E-state index contributed by atoms with van der Waals surface area (Å²) < 4.78 is 0. The van der Waals surface area contributed by atoms with Crippen molar-refractivity contribution in [2.24, 2.45) is 0 Å². The fourth-order valence-electron chi connectivity index (χ4n) is 2.33. The number of rotatable bonds is 2. The number of aromatic amines is 1. The standard InChI is InChI=1S/C12H17N7OS/c1-8-16-17-11(21-8)15-12(20)19-6-5-18(2)9(7-19)10-13-3-4-14-10/h3-4,9H,5-7H2,1-2H3,(H,13,14)(H,15,17,20)/t9-/m1/s1. The number of carbonyl (C=O) groups excluding carboxylic acids is 1. The molecule has 1 aliphatic heterocycles. The maximum atomic E-state index is 12.3. The smallest absolute Gasteiger partial charge is 0.323 e. The van der Waals surface area contributed by atoms with Crippen molar-refractivity contribution in [1.82, 2.24) is 30.0 Å². The van der Waals surface area contributed by atoms with E-state index in [0.717, 1.165) is 17.4 Å². The van der Waals surface area contributed by atoms with E-state index < -0.39 is 0 Å². The summed E-state index contributed by atoms with van der Waals surface area (Å²) in [6, 6.07) is -0.0635. The fraction of sp³-hybridized carbons (Fsp3) is 0.500. The first-order chi connectivity index (χ1) is 10.1. The van der Waals surface area contributed by atoms with Crippen molar-refractivity contribution >= 4 is 22.5 Å². The van der Waals surface area contributed by atoms with Gasteiger partial charge in [0.15, 0.2) is 0 Å². The van der Waals surface area contributed by atoms with Crippen molar-refractivity contribution in [2.45, 2.75) is 13.0 Å². The minimum atomic E-state index is -0.143. The molecular weight excluding hydrogens is 290 g/mol. The molecule has 1 aliphatic rings. The highest BCUT2D eigenvalue weighted by Crippen LogP contribution is 2.22. The van der Waals surface area contributed by atoms with Gasteiger partial charge < -0.3 is 9.88 Å². The van der Waals surface area contributed by atoms with Gasteiger partial charge in [-0.1, -0.05) is 11.3 Å². The molecule has 0 aliphatic carbocycles. The van der Waals surface area contributed by atoms with Gasteiger partial charge in [0.25, 0.3) is 0 Å². The van der Waals surface area contributed by atoms with Gasteiger partial charge in [-0.3, -0.25) is 10.2 Å². The Kier molecular flexibility index (Phi) is 3.84. The zero-order chi connectivity index (χ0) is 14.8. The van der Waals surface area contributed by atoms with Gasteiger partial charge in [-0.05, 0) is 14.0 Å². The third-order valence-electron chi connectivity index (χ3n) is 3.51. The first-order valence-electron chi connectivity index (χ1n) is 6.69. The van der Waals surface area contributed by atoms with E-state index in [4.69, 9.17) is 0 Å². The normalized spacial score (nSPS) is 19.7. The summed E-state index contributed by atoms with van der Waals surface area (Å²) in [5.74, 6) is 0.877. The number of urea groups is 1. The number of anilines is 1. The number of imidazole rings is 1. The summed E-state index contributed by atoms with van der Waals surface area (Å²) in [7, 11) is 2.04. The second kappa shape index (κ2) is 5.78. The molecule has 1 saturated heterocycles. The Balaban J connectivity index is 1.67. The molecule has 0 bridgehead atoms. The minimum Gasteiger partial charge on any atom is -0.347 e. The molecule has 0 radical (unpaired) electrons. The number of nitrogens with one attached hydrogen (secondary N) is 2. The van der Waals surface area contributed by atoms with Crippen molar-refractivity contribution in [3.8, 4) is 0 Å². The number of piperazine rings is 1. The van der Waals surface area contributed by atoms with Crippen LogP contribution in [0.2, 0.25) is 0 Å². The van der Waals surface area contributed by atoms with Crippen LogP contribution in [0.1, 0.15) is 16.9 Å². The third kappa shape index (κ3) is 3.03. The SMILES string of the molecule is Cc1nnc(NC(=O)N2CCN(C)[C@@H](c3ncc[nH]3)C2)s1. The van der Waals surface area contributed by atoms with Crippen molar-refractivity contribution in [3.05, 3.63) is 23.2 Å². The Bertz CT molecular complexity index is 611. The molecule has 2 N–H and O–H groups in total. The number of carbonyl (C=O) groups is 1. The Morgan fingerprint density at radius 3 is 3.00 bits per heavy atom. The van der Waals surface area contributed by atoms with Gasteiger partial charge in [-0.15, -0.1) is 10.2 Å². The Morgan fingerprint density at radius 2 is 2.33 bits per heavy atom. The first-order valence-corrected chi connectivity index (χ1v) is 7.50. The summed E-state index contributed by atoms with van der Waals surface area (Å²) in [6.07, 6.45) is 3.53. The van der Waals surface area contributed by atoms with Crippen molar-refractivity contribution in [3.63, 3.8) is 0 Å². The highest BCUT2D eigenvalue weighted by Gasteiger charge is 2.30. The lowest BCUT2D eigenvalue weighted by Gasteiger charge is -2.38. The van der Waals surface area contributed by atoms with E-state index in [0.29, 0.717) is 18.2 Å². The molecule has 8 nitrogen and oxygen atoms in total. The summed E-state index contributed by atoms with van der Waals surface area (Å²) >= 11 is 1.37. The third-order valence-corrected chi connectivity index (χ3v) is 4.26. The molecule has 2 amide bonds. The molecule has 1 atom stereocenters. The van der Waals surface area contributed by atoms with E-state index in [-0.39, 0.29) is 12.1 Å². The maximum Gasteiger partial charge on any atom is 0.323 e. The molecule has 0 spiro atoms. The monoisotopic (exact) mass is 307 g/mol. The van der Waals surface area contributed by atoms with Crippen LogP contribution in [0.25, 0.3) is 0 Å². The molecule has 3 heterocycles. The van der Waals surface area contributed by atoms with Crippen LogP contribution in [0.5, 0.6) is 0 Å². The molecule has 1 fully saturated rings. The van der Waals surface area contributed by atoms with Crippen LogP contribution in [0.15, 0.2) is 12.4 Å². The number of likely N-dealkylation sites (N-methyl/N-ethyl adjacent to an activating group) is 1. The average Bonchev–Trinajstić information content (AvgIpc) is 3.11. The van der Waals surface area contributed by atoms with Crippen LogP contribution in [0.3, 0.4) is 0 Å². The molecule has 0 aromatic carbocycles. The van der Waals surface area contributed by atoms with Gasteiger partial charge in [0.2, 0.25) is 5.13 Å². The average molecular weight is 307 g/mol. The van der Waals surface area contributed by atoms with Crippen LogP contribution >= 0.6 is 11.3 Å². The predicted molar refractivity (Wildman–Crippen MR) is 79.2 cm³/mol. The van der Waals surface area contributed by atoms with Gasteiger partial charge >= 0.3 is 6.03 Å². The van der Waals surface area contributed by atoms with Gasteiger partial charge in [0.1, 0.15) is 10.8 Å². The number of amides is 2. The number of H-pyrrole nitrogens is 1. The molecule has 0 unspecified atom stereocenters. The maximum absolute atomic E-state index is 12.3. The Hall–Kier alpha value is -2.00. The largest absolute Gasteiger partial charge is 0.347 e. The minimum absolute atomic E-state index is 0.0793. The van der Waals surface area contributed by atoms with Crippen LogP contribution in [-0.4, -0.2) is 62.7 Å². The van der Waals surface area contributed by atoms with E-state index in [1.165, 1.54) is 11.3 Å². The number of aromatic nitrogens is 4. The second-order valence-corrected chi connectivity index (χ2v) is 6.15. The molecule has 21 heavy (non-hydrogen) atoms. The van der Waals surface area contributed by atoms with Crippen LogP contribution in [0, 0.1) is 6.92 Å². The molecule has 0 saturated carbocycles. The van der Waals surface area contributed by atoms with E-state index in [1.54, 1.807) is 17.3 Å². The highest BCUT2D eigenvalue weighted by atomic mass is 32.1. The van der Waals surface area contributed by atoms with E-state index in [9.17, 15) is 4.79 Å². The van der Waals surface area contributed by atoms with Gasteiger partial charge in [-0.25, -0.2) is 9.78 Å². The summed E-state index contributed by atoms with van der Waals surface area (Å²) in [5.41, 5.74) is 0. The Morgan fingerprint density at radius 1 is 1.48 bits per heavy atom. The molecular formula is C12H17N7OS. The fourth-order valence-corrected chi connectivity index (χ4v) is 2.91. The number of hydrogen-bond donors (Lipinski definition) is 2. The topological polar surface area (TPSA) is 90.0 Å². The predicted octanol–water partition coefficient (Wildman–Crippen LogP) is 1.09.